The Balaban J connectivity index is 1.33. The minimum absolute atomic E-state index is 0.0785. The van der Waals surface area contributed by atoms with Crippen molar-refractivity contribution in [3.63, 3.8) is 0 Å². The van der Waals surface area contributed by atoms with Gasteiger partial charge < -0.3 is 5.32 Å². The number of nitrogens with one attached hydrogen (secondary N) is 2. The molecule has 4 aliphatic rings. The highest BCUT2D eigenvalue weighted by molar-refractivity contribution is 7.89. The van der Waals surface area contributed by atoms with Gasteiger partial charge in [0.2, 0.25) is 15.9 Å². The van der Waals surface area contributed by atoms with Gasteiger partial charge in [0.25, 0.3) is 0 Å². The third-order valence-corrected chi connectivity index (χ3v) is 9.64. The molecule has 7 heteroatoms. The molecule has 0 spiro atoms. The number of carbonyl (C=O) groups is 1. The fraction of sp³-hybridized carbons (Fsp3) is 0.480. The standard InChI is InChI=1S/C25H29ClN2O3S/c1-27-32(30,31)22-8-2-17(3-9-22)15-28-23(29)25-13-18-10-19(14-25)12-24(11-18,16-25)20-4-6-21(26)7-5-20/h2-9,18-19,27H,10-16H2,1H3,(H,28,29). The van der Waals surface area contributed by atoms with Gasteiger partial charge in [-0.15, -0.1) is 0 Å². The summed E-state index contributed by atoms with van der Waals surface area (Å²) >= 11 is 6.14. The van der Waals surface area contributed by atoms with Gasteiger partial charge in [0.1, 0.15) is 0 Å². The molecule has 2 N–H and O–H groups in total. The Morgan fingerprint density at radius 2 is 1.62 bits per heavy atom. The van der Waals surface area contributed by atoms with Crippen molar-refractivity contribution < 1.29 is 13.2 Å². The average Bonchev–Trinajstić information content (AvgIpc) is 2.77. The number of hydrogen-bond acceptors (Lipinski definition) is 3. The number of sulfonamides is 1. The van der Waals surface area contributed by atoms with Crippen LogP contribution in [0.5, 0.6) is 0 Å². The fourth-order valence-corrected chi connectivity index (χ4v) is 7.80. The molecule has 0 radical (unpaired) electrons. The lowest BCUT2D eigenvalue weighted by Crippen LogP contribution is -2.59. The van der Waals surface area contributed by atoms with E-state index >= 15 is 0 Å². The van der Waals surface area contributed by atoms with Crippen LogP contribution in [0.4, 0.5) is 0 Å². The normalized spacial score (nSPS) is 30.9. The lowest BCUT2D eigenvalue weighted by Gasteiger charge is -2.61. The van der Waals surface area contributed by atoms with Gasteiger partial charge in [0.15, 0.2) is 0 Å². The van der Waals surface area contributed by atoms with E-state index in [2.05, 4.69) is 22.2 Å². The maximum Gasteiger partial charge on any atom is 0.240 e. The molecule has 170 valence electrons. The van der Waals surface area contributed by atoms with Crippen LogP contribution in [0.2, 0.25) is 5.02 Å². The highest BCUT2D eigenvalue weighted by Crippen LogP contribution is 2.65. The number of hydrogen-bond donors (Lipinski definition) is 2. The molecule has 2 atom stereocenters. The molecular formula is C25H29ClN2O3S. The zero-order valence-electron chi connectivity index (χ0n) is 18.2. The topological polar surface area (TPSA) is 75.3 Å². The second-order valence-electron chi connectivity index (χ2n) is 10.1. The van der Waals surface area contributed by atoms with E-state index < -0.39 is 10.0 Å². The van der Waals surface area contributed by atoms with Crippen LogP contribution in [-0.2, 0) is 26.8 Å². The van der Waals surface area contributed by atoms with E-state index in [1.165, 1.54) is 31.9 Å². The molecule has 1 amide bonds. The van der Waals surface area contributed by atoms with E-state index in [9.17, 15) is 13.2 Å². The second-order valence-corrected chi connectivity index (χ2v) is 12.4. The lowest BCUT2D eigenvalue weighted by molar-refractivity contribution is -0.149. The first-order valence-corrected chi connectivity index (χ1v) is 13.2. The Hall–Kier alpha value is -1.89. The van der Waals surface area contributed by atoms with E-state index in [-0.39, 0.29) is 21.6 Å². The third kappa shape index (κ3) is 3.76. The maximum atomic E-state index is 13.5. The molecule has 5 nitrogen and oxygen atoms in total. The smallest absolute Gasteiger partial charge is 0.240 e. The molecule has 4 aliphatic carbocycles. The van der Waals surface area contributed by atoms with E-state index in [0.717, 1.165) is 29.8 Å². The highest BCUT2D eigenvalue weighted by atomic mass is 35.5. The van der Waals surface area contributed by atoms with Gasteiger partial charge in [-0.3, -0.25) is 4.79 Å². The summed E-state index contributed by atoms with van der Waals surface area (Å²) in [6, 6.07) is 14.9. The van der Waals surface area contributed by atoms with E-state index in [4.69, 9.17) is 11.6 Å². The van der Waals surface area contributed by atoms with Crippen molar-refractivity contribution in [1.82, 2.24) is 10.0 Å². The minimum atomic E-state index is -3.46. The molecule has 2 aromatic rings. The lowest BCUT2D eigenvalue weighted by atomic mass is 9.42. The molecule has 4 bridgehead atoms. The SMILES string of the molecule is CNS(=O)(=O)c1ccc(CNC(=O)C23CC4CC(C2)CC(c2ccc(Cl)cc2)(C4)C3)cc1. The van der Waals surface area contributed by atoms with Crippen LogP contribution < -0.4 is 10.0 Å². The third-order valence-electron chi connectivity index (χ3n) is 7.95. The first-order valence-electron chi connectivity index (χ1n) is 11.3. The Kier molecular flexibility index (Phi) is 5.38. The first kappa shape index (κ1) is 21.9. The first-order chi connectivity index (χ1) is 15.2. The minimum Gasteiger partial charge on any atom is -0.352 e. The number of halogens is 1. The van der Waals surface area contributed by atoms with Gasteiger partial charge in [-0.25, -0.2) is 13.1 Å². The summed E-state index contributed by atoms with van der Waals surface area (Å²) < 4.78 is 26.1. The quantitative estimate of drug-likeness (QED) is 0.654. The number of carbonyl (C=O) groups excluding carboxylic acids is 1. The number of rotatable bonds is 6. The molecule has 2 aromatic carbocycles. The van der Waals surface area contributed by atoms with Crippen molar-refractivity contribution >= 4 is 27.5 Å². The van der Waals surface area contributed by atoms with Crippen molar-refractivity contribution in [2.45, 2.75) is 55.4 Å². The fourth-order valence-electron chi connectivity index (χ4n) is 6.94. The van der Waals surface area contributed by atoms with Crippen LogP contribution in [0.25, 0.3) is 0 Å². The second kappa shape index (κ2) is 7.86. The average molecular weight is 473 g/mol. The van der Waals surface area contributed by atoms with Crippen LogP contribution >= 0.6 is 11.6 Å². The summed E-state index contributed by atoms with van der Waals surface area (Å²) in [5.74, 6) is 1.35. The van der Waals surface area contributed by atoms with Crippen molar-refractivity contribution in [1.29, 1.82) is 0 Å². The van der Waals surface area contributed by atoms with Gasteiger partial charge in [0, 0.05) is 11.6 Å². The zero-order chi connectivity index (χ0) is 22.6. The van der Waals surface area contributed by atoms with Gasteiger partial charge in [0.05, 0.1) is 10.3 Å². The molecule has 0 saturated heterocycles. The maximum absolute atomic E-state index is 13.5. The van der Waals surface area contributed by atoms with Gasteiger partial charge in [-0.2, -0.15) is 0 Å². The van der Waals surface area contributed by atoms with Crippen molar-refractivity contribution in [3.8, 4) is 0 Å². The summed E-state index contributed by atoms with van der Waals surface area (Å²) in [5, 5.41) is 3.93. The molecule has 32 heavy (non-hydrogen) atoms. The molecule has 6 rings (SSSR count). The van der Waals surface area contributed by atoms with Gasteiger partial charge in [-0.1, -0.05) is 35.9 Å². The van der Waals surface area contributed by atoms with E-state index in [1.807, 2.05) is 12.1 Å². The Bertz CT molecular complexity index is 1110. The molecule has 2 unspecified atom stereocenters. The van der Waals surface area contributed by atoms with Gasteiger partial charge in [-0.05, 0) is 98.2 Å². The van der Waals surface area contributed by atoms with Crippen LogP contribution in [0, 0.1) is 17.3 Å². The van der Waals surface area contributed by atoms with Crippen molar-refractivity contribution in [2.24, 2.45) is 17.3 Å². The van der Waals surface area contributed by atoms with Crippen LogP contribution in [0.1, 0.15) is 49.7 Å². The predicted molar refractivity (Wildman–Crippen MR) is 125 cm³/mol. The summed E-state index contributed by atoms with van der Waals surface area (Å²) in [5.41, 5.74) is 1.99. The summed E-state index contributed by atoms with van der Waals surface area (Å²) in [4.78, 5) is 13.8. The van der Waals surface area contributed by atoms with E-state index in [1.54, 1.807) is 24.3 Å². The molecule has 0 aliphatic heterocycles. The summed E-state index contributed by atoms with van der Waals surface area (Å²) in [6.45, 7) is 0.406. The number of amides is 1. The van der Waals surface area contributed by atoms with Crippen LogP contribution in [0.3, 0.4) is 0 Å². The van der Waals surface area contributed by atoms with Crippen molar-refractivity contribution in [3.05, 3.63) is 64.7 Å². The molecular weight excluding hydrogens is 444 g/mol. The monoisotopic (exact) mass is 472 g/mol. The number of benzene rings is 2. The zero-order valence-corrected chi connectivity index (χ0v) is 19.8. The van der Waals surface area contributed by atoms with Gasteiger partial charge >= 0.3 is 0 Å². The highest BCUT2D eigenvalue weighted by Gasteiger charge is 2.60. The molecule has 4 fully saturated rings. The van der Waals surface area contributed by atoms with E-state index in [0.29, 0.717) is 18.4 Å². The van der Waals surface area contributed by atoms with Crippen molar-refractivity contribution in [2.75, 3.05) is 7.05 Å². The summed E-state index contributed by atoms with van der Waals surface area (Å²) in [7, 11) is -2.06. The predicted octanol–water partition coefficient (Wildman–Crippen LogP) is 4.40. The Morgan fingerprint density at radius 1 is 1.00 bits per heavy atom. The van der Waals surface area contributed by atoms with Crippen LogP contribution in [0.15, 0.2) is 53.4 Å². The summed E-state index contributed by atoms with van der Waals surface area (Å²) in [6.07, 6.45) is 6.43. The molecule has 4 saturated carbocycles. The van der Waals surface area contributed by atoms with Crippen LogP contribution in [-0.4, -0.2) is 21.4 Å². The molecule has 0 aromatic heterocycles. The molecule has 0 heterocycles. The largest absolute Gasteiger partial charge is 0.352 e. The Labute approximate surface area is 195 Å². The Morgan fingerprint density at radius 3 is 2.22 bits per heavy atom.